The van der Waals surface area contributed by atoms with Crippen LogP contribution in [0.5, 0.6) is 5.88 Å². The molecule has 4 heterocycles. The number of carboxylic acid groups (broad SMARTS) is 1. The van der Waals surface area contributed by atoms with Gasteiger partial charge in [-0.1, -0.05) is 0 Å². The molecule has 0 aromatic carbocycles. The highest BCUT2D eigenvalue weighted by molar-refractivity contribution is 7.98. The van der Waals surface area contributed by atoms with Crippen LogP contribution in [0.3, 0.4) is 0 Å². The van der Waals surface area contributed by atoms with Crippen molar-refractivity contribution in [1.82, 2.24) is 10.3 Å². The Balaban J connectivity index is 1.58. The fourth-order valence-electron chi connectivity index (χ4n) is 3.87. The summed E-state index contributed by atoms with van der Waals surface area (Å²) in [5, 5.41) is 12.2. The zero-order valence-electron chi connectivity index (χ0n) is 15.5. The van der Waals surface area contributed by atoms with E-state index >= 15 is 0 Å². The number of anilines is 1. The maximum Gasteiger partial charge on any atom is 0.320 e. The van der Waals surface area contributed by atoms with E-state index in [2.05, 4.69) is 28.2 Å². The van der Waals surface area contributed by atoms with Gasteiger partial charge in [-0.3, -0.25) is 4.79 Å². The van der Waals surface area contributed by atoms with E-state index in [-0.39, 0.29) is 17.7 Å². The number of rotatable bonds is 5. The predicted molar refractivity (Wildman–Crippen MR) is 101 cm³/mol. The first-order valence-corrected chi connectivity index (χ1v) is 10.4. The number of pyridine rings is 1. The Morgan fingerprint density at radius 1 is 1.52 bits per heavy atom. The van der Waals surface area contributed by atoms with Gasteiger partial charge in [0.15, 0.2) is 0 Å². The summed E-state index contributed by atoms with van der Waals surface area (Å²) in [4.78, 5) is 19.1. The molecule has 3 saturated heterocycles. The average Bonchev–Trinajstić information content (AvgIpc) is 3.10. The van der Waals surface area contributed by atoms with Crippen molar-refractivity contribution in [3.8, 4) is 5.88 Å². The van der Waals surface area contributed by atoms with Crippen LogP contribution >= 0.6 is 11.8 Å². The number of hydrogen-bond donors (Lipinski definition) is 2. The SMILES string of the molecule is CSc1cnc(OC2CNC(C(=O)O)C2)c(N2CCOC3(COC3)[C@@H]2C)c1. The third-order valence-corrected chi connectivity index (χ3v) is 6.36. The summed E-state index contributed by atoms with van der Waals surface area (Å²) in [7, 11) is 0. The van der Waals surface area contributed by atoms with Crippen molar-refractivity contribution in [3.63, 3.8) is 0 Å². The van der Waals surface area contributed by atoms with Crippen LogP contribution in [0.15, 0.2) is 17.2 Å². The normalized spacial score (nSPS) is 29.6. The van der Waals surface area contributed by atoms with Gasteiger partial charge < -0.3 is 29.5 Å². The predicted octanol–water partition coefficient (Wildman–Crippen LogP) is 0.992. The summed E-state index contributed by atoms with van der Waals surface area (Å²) in [6.45, 7) is 5.22. The second kappa shape index (κ2) is 7.46. The highest BCUT2D eigenvalue weighted by atomic mass is 32.2. The molecule has 3 atom stereocenters. The molecule has 2 N–H and O–H groups in total. The molecule has 3 fully saturated rings. The van der Waals surface area contributed by atoms with Crippen LogP contribution in [0.4, 0.5) is 5.69 Å². The molecule has 9 heteroatoms. The fourth-order valence-corrected chi connectivity index (χ4v) is 4.26. The van der Waals surface area contributed by atoms with E-state index < -0.39 is 12.0 Å². The van der Waals surface area contributed by atoms with Crippen LogP contribution in [0.2, 0.25) is 0 Å². The molecule has 0 radical (unpaired) electrons. The minimum atomic E-state index is -0.847. The first-order valence-electron chi connectivity index (χ1n) is 9.17. The van der Waals surface area contributed by atoms with Gasteiger partial charge in [-0.05, 0) is 19.2 Å². The van der Waals surface area contributed by atoms with Gasteiger partial charge in [0.2, 0.25) is 5.88 Å². The van der Waals surface area contributed by atoms with Crippen LogP contribution in [0.25, 0.3) is 0 Å². The van der Waals surface area contributed by atoms with Crippen molar-refractivity contribution in [2.45, 2.75) is 42.0 Å². The third kappa shape index (κ3) is 3.49. The van der Waals surface area contributed by atoms with E-state index in [0.29, 0.717) is 38.7 Å². The number of carbonyl (C=O) groups is 1. The first-order chi connectivity index (χ1) is 13.0. The highest BCUT2D eigenvalue weighted by Crippen LogP contribution is 2.39. The standard InChI is InChI=1S/C18H25N3O5S/c1-11-18(9-24-10-18)25-4-3-21(11)15-6-13(27-2)8-20-16(15)26-12-5-14(17(22)23)19-7-12/h6,8,11-12,14,19H,3-5,7,9-10H2,1-2H3,(H,22,23)/t11-,12?,14?/m0/s1. The second-order valence-electron chi connectivity index (χ2n) is 7.25. The van der Waals surface area contributed by atoms with Gasteiger partial charge in [0.05, 0.1) is 25.9 Å². The first kappa shape index (κ1) is 18.8. The number of aliphatic carboxylic acids is 1. The zero-order chi connectivity index (χ0) is 19.0. The van der Waals surface area contributed by atoms with Gasteiger partial charge in [-0.2, -0.15) is 0 Å². The zero-order valence-corrected chi connectivity index (χ0v) is 16.3. The van der Waals surface area contributed by atoms with E-state index in [4.69, 9.17) is 14.2 Å². The Kier molecular flexibility index (Phi) is 5.19. The molecule has 3 aliphatic heterocycles. The van der Waals surface area contributed by atoms with E-state index in [9.17, 15) is 9.90 Å². The number of nitrogens with zero attached hydrogens (tertiary/aromatic N) is 2. The molecule has 1 aromatic rings. The lowest BCUT2D eigenvalue weighted by atomic mass is 9.90. The Hall–Kier alpha value is -1.55. The van der Waals surface area contributed by atoms with Crippen molar-refractivity contribution >= 4 is 23.4 Å². The van der Waals surface area contributed by atoms with Crippen molar-refractivity contribution in [3.05, 3.63) is 12.3 Å². The van der Waals surface area contributed by atoms with Crippen LogP contribution in [-0.2, 0) is 14.3 Å². The molecular weight excluding hydrogens is 370 g/mol. The van der Waals surface area contributed by atoms with Crippen molar-refractivity contribution < 1.29 is 24.1 Å². The summed E-state index contributed by atoms with van der Waals surface area (Å²) in [6.07, 6.45) is 4.03. The molecule has 148 valence electrons. The van der Waals surface area contributed by atoms with Crippen LogP contribution < -0.4 is 15.0 Å². The van der Waals surface area contributed by atoms with Gasteiger partial charge >= 0.3 is 5.97 Å². The molecule has 2 unspecified atom stereocenters. The average molecular weight is 395 g/mol. The molecule has 27 heavy (non-hydrogen) atoms. The fraction of sp³-hybridized carbons (Fsp3) is 0.667. The molecule has 8 nitrogen and oxygen atoms in total. The molecule has 0 amide bonds. The van der Waals surface area contributed by atoms with E-state index in [1.54, 1.807) is 18.0 Å². The lowest BCUT2D eigenvalue weighted by Crippen LogP contribution is -2.68. The second-order valence-corrected chi connectivity index (χ2v) is 8.13. The molecule has 3 aliphatic rings. The number of ether oxygens (including phenoxy) is 3. The summed E-state index contributed by atoms with van der Waals surface area (Å²) in [6, 6.07) is 1.66. The van der Waals surface area contributed by atoms with E-state index in [1.807, 2.05) is 6.26 Å². The lowest BCUT2D eigenvalue weighted by molar-refractivity contribution is -0.228. The molecule has 4 rings (SSSR count). The van der Waals surface area contributed by atoms with Gasteiger partial charge in [0.25, 0.3) is 0 Å². The third-order valence-electron chi connectivity index (χ3n) is 5.66. The monoisotopic (exact) mass is 395 g/mol. The van der Waals surface area contributed by atoms with Crippen LogP contribution in [0, 0.1) is 0 Å². The summed E-state index contributed by atoms with van der Waals surface area (Å²) >= 11 is 1.63. The molecule has 0 saturated carbocycles. The molecule has 0 bridgehead atoms. The molecule has 1 spiro atoms. The van der Waals surface area contributed by atoms with Crippen LogP contribution in [0.1, 0.15) is 13.3 Å². The number of carboxylic acids is 1. The summed E-state index contributed by atoms with van der Waals surface area (Å²) in [5.74, 6) is -0.296. The van der Waals surface area contributed by atoms with Crippen molar-refractivity contribution in [2.24, 2.45) is 0 Å². The molecule has 1 aromatic heterocycles. The molecular formula is C18H25N3O5S. The van der Waals surface area contributed by atoms with E-state index in [1.165, 1.54) is 0 Å². The Morgan fingerprint density at radius 3 is 2.96 bits per heavy atom. The Labute approximate surface area is 162 Å². The minimum Gasteiger partial charge on any atom is -0.480 e. The maximum absolute atomic E-state index is 11.2. The van der Waals surface area contributed by atoms with Gasteiger partial charge in [-0.15, -0.1) is 11.8 Å². The number of nitrogens with one attached hydrogen (secondary N) is 1. The summed E-state index contributed by atoms with van der Waals surface area (Å²) in [5.41, 5.74) is 0.663. The Bertz CT molecular complexity index is 714. The Morgan fingerprint density at radius 2 is 2.33 bits per heavy atom. The van der Waals surface area contributed by atoms with Crippen LogP contribution in [-0.4, -0.2) is 79.0 Å². The topological polar surface area (TPSA) is 93.2 Å². The molecule has 0 aliphatic carbocycles. The van der Waals surface area contributed by atoms with Crippen molar-refractivity contribution in [1.29, 1.82) is 0 Å². The van der Waals surface area contributed by atoms with Gasteiger partial charge in [0.1, 0.15) is 23.4 Å². The number of aromatic nitrogens is 1. The van der Waals surface area contributed by atoms with Gasteiger partial charge in [0, 0.05) is 30.6 Å². The smallest absolute Gasteiger partial charge is 0.320 e. The minimum absolute atomic E-state index is 0.134. The number of morpholine rings is 1. The van der Waals surface area contributed by atoms with Gasteiger partial charge in [-0.25, -0.2) is 4.98 Å². The lowest BCUT2D eigenvalue weighted by Gasteiger charge is -2.53. The summed E-state index contributed by atoms with van der Waals surface area (Å²) < 4.78 is 17.6. The maximum atomic E-state index is 11.2. The van der Waals surface area contributed by atoms with E-state index in [0.717, 1.165) is 17.1 Å². The largest absolute Gasteiger partial charge is 0.480 e. The number of hydrogen-bond acceptors (Lipinski definition) is 8. The quantitative estimate of drug-likeness (QED) is 0.708. The van der Waals surface area contributed by atoms with Crippen molar-refractivity contribution in [2.75, 3.05) is 44.1 Å². The highest BCUT2D eigenvalue weighted by Gasteiger charge is 2.50. The number of thioether (sulfide) groups is 1.